The zero-order chi connectivity index (χ0) is 9.68. The average Bonchev–Trinajstić information content (AvgIpc) is 2.21. The van der Waals surface area contributed by atoms with Crippen molar-refractivity contribution in [3.8, 4) is 5.75 Å². The summed E-state index contributed by atoms with van der Waals surface area (Å²) in [7, 11) is 3.49. The predicted octanol–water partition coefficient (Wildman–Crippen LogP) is 2.52. The third kappa shape index (κ3) is 2.31. The molecule has 0 aliphatic heterocycles. The van der Waals surface area contributed by atoms with E-state index in [4.69, 9.17) is 4.74 Å². The molecular formula is C11H15NO. The zero-order valence-corrected chi connectivity index (χ0v) is 8.37. The van der Waals surface area contributed by atoms with Gasteiger partial charge in [0.05, 0.1) is 7.11 Å². The Morgan fingerprint density at radius 1 is 1.31 bits per heavy atom. The minimum absolute atomic E-state index is 0.885. The van der Waals surface area contributed by atoms with Crippen LogP contribution in [0.5, 0.6) is 5.75 Å². The van der Waals surface area contributed by atoms with Gasteiger partial charge in [-0.3, -0.25) is 4.99 Å². The van der Waals surface area contributed by atoms with Crippen molar-refractivity contribution in [1.82, 2.24) is 0 Å². The van der Waals surface area contributed by atoms with Gasteiger partial charge >= 0.3 is 0 Å². The highest BCUT2D eigenvalue weighted by Gasteiger charge is 1.99. The van der Waals surface area contributed by atoms with E-state index in [1.807, 2.05) is 31.3 Å². The second-order valence-corrected chi connectivity index (χ2v) is 2.75. The largest absolute Gasteiger partial charge is 0.497 e. The number of hydrogen-bond acceptors (Lipinski definition) is 2. The number of ether oxygens (including phenoxy) is 1. The molecule has 1 aromatic rings. The van der Waals surface area contributed by atoms with E-state index in [0.29, 0.717) is 0 Å². The summed E-state index contributed by atoms with van der Waals surface area (Å²) >= 11 is 0. The summed E-state index contributed by atoms with van der Waals surface area (Å²) in [5.74, 6) is 0.885. The van der Waals surface area contributed by atoms with Crippen LogP contribution >= 0.6 is 0 Å². The third-order valence-electron chi connectivity index (χ3n) is 2.03. The van der Waals surface area contributed by atoms with Crippen molar-refractivity contribution in [2.24, 2.45) is 4.99 Å². The molecule has 1 aromatic carbocycles. The minimum Gasteiger partial charge on any atom is -0.497 e. The molecule has 70 valence electrons. The van der Waals surface area contributed by atoms with Gasteiger partial charge < -0.3 is 4.74 Å². The molecule has 0 aromatic heterocycles. The number of nitrogens with zero attached hydrogens (tertiary/aromatic N) is 1. The molecular weight excluding hydrogens is 162 g/mol. The first-order valence-electron chi connectivity index (χ1n) is 4.42. The van der Waals surface area contributed by atoms with E-state index in [1.165, 1.54) is 5.56 Å². The second-order valence-electron chi connectivity index (χ2n) is 2.75. The Morgan fingerprint density at radius 3 is 2.31 bits per heavy atom. The van der Waals surface area contributed by atoms with Crippen LogP contribution in [0.1, 0.15) is 18.9 Å². The molecule has 0 amide bonds. The highest BCUT2D eigenvalue weighted by molar-refractivity contribution is 6.00. The zero-order valence-electron chi connectivity index (χ0n) is 8.37. The molecule has 13 heavy (non-hydrogen) atoms. The minimum atomic E-state index is 0.885. The molecule has 0 bridgehead atoms. The van der Waals surface area contributed by atoms with Crippen molar-refractivity contribution in [1.29, 1.82) is 0 Å². The quantitative estimate of drug-likeness (QED) is 0.650. The van der Waals surface area contributed by atoms with Crippen LogP contribution in [0.2, 0.25) is 0 Å². The molecule has 1 rings (SSSR count). The van der Waals surface area contributed by atoms with Crippen molar-refractivity contribution < 1.29 is 4.74 Å². The number of methoxy groups -OCH3 is 1. The lowest BCUT2D eigenvalue weighted by atomic mass is 10.1. The molecule has 0 saturated heterocycles. The van der Waals surface area contributed by atoms with E-state index in [-0.39, 0.29) is 0 Å². The number of rotatable bonds is 3. The van der Waals surface area contributed by atoms with Crippen molar-refractivity contribution in [2.75, 3.05) is 14.2 Å². The first-order valence-corrected chi connectivity index (χ1v) is 4.42. The van der Waals surface area contributed by atoms with E-state index < -0.39 is 0 Å². The van der Waals surface area contributed by atoms with Gasteiger partial charge in [-0.05, 0) is 36.2 Å². The Balaban J connectivity index is 2.91. The van der Waals surface area contributed by atoms with Gasteiger partial charge in [-0.2, -0.15) is 0 Å². The first kappa shape index (κ1) is 9.78. The molecule has 0 aliphatic rings. The Hall–Kier alpha value is -1.31. The van der Waals surface area contributed by atoms with Gasteiger partial charge in [-0.25, -0.2) is 0 Å². The van der Waals surface area contributed by atoms with Crippen LogP contribution in [0.25, 0.3) is 0 Å². The molecule has 2 heteroatoms. The van der Waals surface area contributed by atoms with Gasteiger partial charge in [0.25, 0.3) is 0 Å². The van der Waals surface area contributed by atoms with Crippen LogP contribution in [0.3, 0.4) is 0 Å². The van der Waals surface area contributed by atoms with Crippen LogP contribution in [0, 0.1) is 0 Å². The number of benzene rings is 1. The van der Waals surface area contributed by atoms with Crippen LogP contribution in [-0.2, 0) is 0 Å². The van der Waals surface area contributed by atoms with Crippen molar-refractivity contribution in [3.63, 3.8) is 0 Å². The summed E-state index contributed by atoms with van der Waals surface area (Å²) in [5, 5.41) is 0. The Morgan fingerprint density at radius 2 is 1.92 bits per heavy atom. The van der Waals surface area contributed by atoms with Gasteiger partial charge in [0.15, 0.2) is 0 Å². The summed E-state index contributed by atoms with van der Waals surface area (Å²) in [6.45, 7) is 2.10. The van der Waals surface area contributed by atoms with Crippen molar-refractivity contribution in [2.45, 2.75) is 13.3 Å². The van der Waals surface area contributed by atoms with Gasteiger partial charge in [-0.1, -0.05) is 6.92 Å². The molecule has 0 unspecified atom stereocenters. The maximum Gasteiger partial charge on any atom is 0.118 e. The summed E-state index contributed by atoms with van der Waals surface area (Å²) < 4.78 is 5.08. The van der Waals surface area contributed by atoms with Gasteiger partial charge in [0, 0.05) is 12.8 Å². The molecule has 0 N–H and O–H groups in total. The highest BCUT2D eigenvalue weighted by atomic mass is 16.5. The Bertz CT molecular complexity index is 287. The Kier molecular flexibility index (Phi) is 3.50. The van der Waals surface area contributed by atoms with Gasteiger partial charge in [-0.15, -0.1) is 0 Å². The monoisotopic (exact) mass is 177 g/mol. The molecule has 0 radical (unpaired) electrons. The maximum atomic E-state index is 5.08. The van der Waals surface area contributed by atoms with E-state index >= 15 is 0 Å². The summed E-state index contributed by atoms with van der Waals surface area (Å²) in [6.07, 6.45) is 0.961. The lowest BCUT2D eigenvalue weighted by molar-refractivity contribution is 0.415. The van der Waals surface area contributed by atoms with E-state index in [1.54, 1.807) is 7.11 Å². The highest BCUT2D eigenvalue weighted by Crippen LogP contribution is 2.12. The normalized spacial score (nSPS) is 11.5. The SMILES string of the molecule is CCC(=NC)c1ccc(OC)cc1. The lowest BCUT2D eigenvalue weighted by Gasteiger charge is -2.04. The van der Waals surface area contributed by atoms with E-state index in [0.717, 1.165) is 17.9 Å². The van der Waals surface area contributed by atoms with Crippen LogP contribution < -0.4 is 4.74 Å². The topological polar surface area (TPSA) is 21.6 Å². The van der Waals surface area contributed by atoms with Gasteiger partial charge in [0.1, 0.15) is 5.75 Å². The van der Waals surface area contributed by atoms with Crippen molar-refractivity contribution in [3.05, 3.63) is 29.8 Å². The molecule has 0 atom stereocenters. The number of hydrogen-bond donors (Lipinski definition) is 0. The fraction of sp³-hybridized carbons (Fsp3) is 0.364. The average molecular weight is 177 g/mol. The number of aliphatic imine (C=N–C) groups is 1. The fourth-order valence-electron chi connectivity index (χ4n) is 1.27. The first-order chi connectivity index (χ1) is 6.31. The lowest BCUT2D eigenvalue weighted by Crippen LogP contribution is -1.98. The molecule has 0 aliphatic carbocycles. The van der Waals surface area contributed by atoms with E-state index in [9.17, 15) is 0 Å². The van der Waals surface area contributed by atoms with Crippen molar-refractivity contribution >= 4 is 5.71 Å². The molecule has 0 saturated carbocycles. The Labute approximate surface area is 79.3 Å². The maximum absolute atomic E-state index is 5.08. The van der Waals surface area contributed by atoms with Crippen LogP contribution in [0.15, 0.2) is 29.3 Å². The molecule has 0 heterocycles. The molecule has 0 spiro atoms. The predicted molar refractivity (Wildman–Crippen MR) is 55.7 cm³/mol. The summed E-state index contributed by atoms with van der Waals surface area (Å²) in [5.41, 5.74) is 2.30. The molecule has 2 nitrogen and oxygen atoms in total. The van der Waals surface area contributed by atoms with Gasteiger partial charge in [0.2, 0.25) is 0 Å². The fourth-order valence-corrected chi connectivity index (χ4v) is 1.27. The molecule has 0 fully saturated rings. The summed E-state index contributed by atoms with van der Waals surface area (Å²) in [4.78, 5) is 4.21. The second kappa shape index (κ2) is 4.65. The third-order valence-corrected chi connectivity index (χ3v) is 2.03. The van der Waals surface area contributed by atoms with E-state index in [2.05, 4.69) is 11.9 Å². The standard InChI is InChI=1S/C11H15NO/c1-4-11(12-2)9-5-7-10(13-3)8-6-9/h5-8H,4H2,1-3H3. The van der Waals surface area contributed by atoms with Crippen LogP contribution in [-0.4, -0.2) is 19.9 Å². The van der Waals surface area contributed by atoms with Crippen LogP contribution in [0.4, 0.5) is 0 Å². The smallest absolute Gasteiger partial charge is 0.118 e. The summed E-state index contributed by atoms with van der Waals surface area (Å²) in [6, 6.07) is 7.97.